The van der Waals surface area contributed by atoms with Crippen LogP contribution >= 0.6 is 11.8 Å². The predicted octanol–water partition coefficient (Wildman–Crippen LogP) is 4.18. The van der Waals surface area contributed by atoms with Crippen LogP contribution < -0.4 is 4.74 Å². The molecule has 3 aromatic rings. The first-order valence-corrected chi connectivity index (χ1v) is 8.74. The van der Waals surface area contributed by atoms with Gasteiger partial charge in [0.2, 0.25) is 5.16 Å². The lowest BCUT2D eigenvalue weighted by molar-refractivity contribution is -0.384. The van der Waals surface area contributed by atoms with Crippen molar-refractivity contribution in [2.75, 3.05) is 7.11 Å². The molecule has 2 aromatic carbocycles. The van der Waals surface area contributed by atoms with Crippen LogP contribution in [-0.2, 0) is 5.75 Å². The molecule has 0 aliphatic carbocycles. The van der Waals surface area contributed by atoms with Crippen molar-refractivity contribution in [3.8, 4) is 5.75 Å². The first kappa shape index (κ1) is 17.7. The van der Waals surface area contributed by atoms with Crippen molar-refractivity contribution in [3.63, 3.8) is 0 Å². The largest absolute Gasteiger partial charge is 0.496 e. The summed E-state index contributed by atoms with van der Waals surface area (Å²) in [6, 6.07) is 14.4. The second-order valence-electron chi connectivity index (χ2n) is 5.29. The third-order valence-electron chi connectivity index (χ3n) is 3.55. The fourth-order valence-corrected chi connectivity index (χ4v) is 3.05. The molecule has 26 heavy (non-hydrogen) atoms. The Morgan fingerprint density at radius 2 is 2.04 bits per heavy atom. The molecule has 0 saturated carbocycles. The van der Waals surface area contributed by atoms with Crippen LogP contribution in [0.5, 0.6) is 5.75 Å². The molecule has 8 heteroatoms. The van der Waals surface area contributed by atoms with Crippen LogP contribution in [-0.4, -0.2) is 27.2 Å². The van der Waals surface area contributed by atoms with E-state index in [2.05, 4.69) is 15.2 Å². The zero-order chi connectivity index (χ0) is 18.4. The quantitative estimate of drug-likeness (QED) is 0.382. The van der Waals surface area contributed by atoms with Crippen LogP contribution in [0.3, 0.4) is 0 Å². The maximum Gasteiger partial charge on any atom is 0.270 e. The summed E-state index contributed by atoms with van der Waals surface area (Å²) in [5, 5.41) is 18.5. The number of nitro benzene ring substituents is 1. The van der Waals surface area contributed by atoms with Gasteiger partial charge in [0, 0.05) is 23.4 Å². The molecule has 0 saturated heterocycles. The van der Waals surface area contributed by atoms with E-state index in [4.69, 9.17) is 4.74 Å². The summed E-state index contributed by atoms with van der Waals surface area (Å²) < 4.78 is 5.27. The zero-order valence-electron chi connectivity index (χ0n) is 14.0. The van der Waals surface area contributed by atoms with Crippen molar-refractivity contribution in [1.29, 1.82) is 0 Å². The van der Waals surface area contributed by atoms with E-state index in [1.54, 1.807) is 6.07 Å². The molecule has 0 unspecified atom stereocenters. The number of H-pyrrole nitrogens is 1. The topological polar surface area (TPSA) is 93.9 Å². The van der Waals surface area contributed by atoms with E-state index < -0.39 is 4.92 Å². The number of rotatable bonds is 7. The van der Waals surface area contributed by atoms with Gasteiger partial charge in [-0.1, -0.05) is 48.2 Å². The Kier molecular flexibility index (Phi) is 5.65. The number of thioether (sulfide) groups is 1. The molecule has 0 fully saturated rings. The number of aromatic amines is 1. The van der Waals surface area contributed by atoms with Crippen molar-refractivity contribution < 1.29 is 9.66 Å². The van der Waals surface area contributed by atoms with E-state index in [0.717, 1.165) is 11.1 Å². The summed E-state index contributed by atoms with van der Waals surface area (Å²) in [7, 11) is 1.54. The van der Waals surface area contributed by atoms with E-state index in [-0.39, 0.29) is 5.69 Å². The first-order chi connectivity index (χ1) is 12.7. The highest BCUT2D eigenvalue weighted by Crippen LogP contribution is 2.29. The second-order valence-corrected chi connectivity index (χ2v) is 6.23. The van der Waals surface area contributed by atoms with Crippen LogP contribution in [0.2, 0.25) is 0 Å². The molecular weight excluding hydrogens is 352 g/mol. The lowest BCUT2D eigenvalue weighted by atomic mass is 10.2. The summed E-state index contributed by atoms with van der Waals surface area (Å²) in [5.74, 6) is 1.70. The Morgan fingerprint density at radius 3 is 2.77 bits per heavy atom. The van der Waals surface area contributed by atoms with Crippen LogP contribution in [0.4, 0.5) is 5.69 Å². The first-order valence-electron chi connectivity index (χ1n) is 7.75. The third-order valence-corrected chi connectivity index (χ3v) is 4.44. The summed E-state index contributed by atoms with van der Waals surface area (Å²) in [4.78, 5) is 14.9. The minimum Gasteiger partial charge on any atom is -0.496 e. The Labute approximate surface area is 154 Å². The van der Waals surface area contributed by atoms with E-state index in [0.29, 0.717) is 22.5 Å². The van der Waals surface area contributed by atoms with Gasteiger partial charge in [-0.25, -0.2) is 4.98 Å². The molecule has 0 bridgehead atoms. The van der Waals surface area contributed by atoms with Gasteiger partial charge in [-0.2, -0.15) is 0 Å². The molecule has 1 heterocycles. The van der Waals surface area contributed by atoms with Gasteiger partial charge in [0.15, 0.2) is 0 Å². The number of hydrogen-bond acceptors (Lipinski definition) is 6. The minimum absolute atomic E-state index is 0.0304. The maximum atomic E-state index is 10.9. The number of aromatic nitrogens is 3. The zero-order valence-corrected chi connectivity index (χ0v) is 14.8. The fourth-order valence-electron chi connectivity index (χ4n) is 2.27. The maximum absolute atomic E-state index is 10.9. The van der Waals surface area contributed by atoms with Gasteiger partial charge in [0.05, 0.1) is 12.0 Å². The molecule has 7 nitrogen and oxygen atoms in total. The monoisotopic (exact) mass is 368 g/mol. The number of nitrogens with zero attached hydrogens (tertiary/aromatic N) is 3. The Bertz CT molecular complexity index is 925. The molecule has 1 N–H and O–H groups in total. The van der Waals surface area contributed by atoms with Crippen molar-refractivity contribution in [2.45, 2.75) is 10.9 Å². The van der Waals surface area contributed by atoms with E-state index in [1.807, 2.05) is 42.5 Å². The number of hydrogen-bond donors (Lipinski definition) is 1. The SMILES string of the molecule is COc1ccc([N+](=O)[O-])cc1CSc1n[nH]c(/C=C/c2ccccc2)n1. The predicted molar refractivity (Wildman–Crippen MR) is 101 cm³/mol. The summed E-state index contributed by atoms with van der Waals surface area (Å²) in [5.41, 5.74) is 1.82. The lowest BCUT2D eigenvalue weighted by Gasteiger charge is -2.06. The van der Waals surface area contributed by atoms with Crippen LogP contribution in [0.15, 0.2) is 53.7 Å². The minimum atomic E-state index is -0.424. The molecule has 0 aliphatic heterocycles. The number of ether oxygens (including phenoxy) is 1. The molecule has 1 aromatic heterocycles. The van der Waals surface area contributed by atoms with Crippen molar-refractivity contribution in [1.82, 2.24) is 15.2 Å². The molecule has 0 spiro atoms. The number of benzene rings is 2. The van der Waals surface area contributed by atoms with Crippen molar-refractivity contribution >= 4 is 29.6 Å². The van der Waals surface area contributed by atoms with Gasteiger partial charge in [-0.3, -0.25) is 15.2 Å². The normalized spacial score (nSPS) is 11.0. The molecule has 0 amide bonds. The van der Waals surface area contributed by atoms with Gasteiger partial charge in [-0.15, -0.1) is 5.10 Å². The molecule has 0 aliphatic rings. The van der Waals surface area contributed by atoms with E-state index in [9.17, 15) is 10.1 Å². The van der Waals surface area contributed by atoms with Gasteiger partial charge < -0.3 is 4.74 Å². The number of methoxy groups -OCH3 is 1. The van der Waals surface area contributed by atoms with Gasteiger partial charge in [-0.05, 0) is 17.7 Å². The van der Waals surface area contributed by atoms with Gasteiger partial charge in [0.25, 0.3) is 5.69 Å². The molecule has 3 rings (SSSR count). The molecule has 0 radical (unpaired) electrons. The van der Waals surface area contributed by atoms with E-state index in [1.165, 1.54) is 31.0 Å². The summed E-state index contributed by atoms with van der Waals surface area (Å²) >= 11 is 1.38. The van der Waals surface area contributed by atoms with Crippen molar-refractivity contribution in [2.24, 2.45) is 0 Å². The lowest BCUT2D eigenvalue weighted by Crippen LogP contribution is -1.94. The standard InChI is InChI=1S/C18H16N4O3S/c1-25-16-9-8-15(22(23)24)11-14(16)12-26-18-19-17(20-21-18)10-7-13-5-3-2-4-6-13/h2-11H,12H2,1H3,(H,19,20,21)/b10-7+. The highest BCUT2D eigenvalue weighted by Gasteiger charge is 2.12. The number of nitrogens with one attached hydrogen (secondary N) is 1. The van der Waals surface area contributed by atoms with Crippen LogP contribution in [0.25, 0.3) is 12.2 Å². The highest BCUT2D eigenvalue weighted by atomic mass is 32.2. The Balaban J connectivity index is 1.67. The smallest absolute Gasteiger partial charge is 0.270 e. The summed E-state index contributed by atoms with van der Waals surface area (Å²) in [6.07, 6.45) is 3.79. The van der Waals surface area contributed by atoms with Crippen molar-refractivity contribution in [3.05, 3.63) is 75.6 Å². The summed E-state index contributed by atoms with van der Waals surface area (Å²) in [6.45, 7) is 0. The number of non-ortho nitro benzene ring substituents is 1. The van der Waals surface area contributed by atoms with E-state index >= 15 is 0 Å². The highest BCUT2D eigenvalue weighted by molar-refractivity contribution is 7.98. The number of nitro groups is 1. The average Bonchev–Trinajstić information content (AvgIpc) is 3.13. The fraction of sp³-hybridized carbons (Fsp3) is 0.111. The average molecular weight is 368 g/mol. The van der Waals surface area contributed by atoms with Crippen LogP contribution in [0, 0.1) is 10.1 Å². The van der Waals surface area contributed by atoms with Gasteiger partial charge >= 0.3 is 0 Å². The second kappa shape index (κ2) is 8.30. The van der Waals surface area contributed by atoms with Crippen LogP contribution in [0.1, 0.15) is 17.0 Å². The third kappa shape index (κ3) is 4.48. The Morgan fingerprint density at radius 1 is 1.23 bits per heavy atom. The van der Waals surface area contributed by atoms with Gasteiger partial charge in [0.1, 0.15) is 11.6 Å². The molecule has 0 atom stereocenters. The Hall–Kier alpha value is -3.13. The molecule has 132 valence electrons. The molecular formula is C18H16N4O3S.